The number of hydrogen-bond donors (Lipinski definition) is 0. The van der Waals surface area contributed by atoms with Crippen LogP contribution in [0.2, 0.25) is 0 Å². The zero-order chi connectivity index (χ0) is 30.7. The summed E-state index contributed by atoms with van der Waals surface area (Å²) in [6.07, 6.45) is 4.26. The lowest BCUT2D eigenvalue weighted by atomic mass is 9.66. The standard InChI is InChI=1S/C42H26FN3/c43-32-23-21-28-20-19-27-11-7-9-17-35(27)42(38(28)26-32)36-18-10-8-16-33(36)34-25-31(22-24-37(34)42)41-45-39(29-12-3-1-4-13-29)44-40(46-41)30-14-5-2-6-15-30/h1-26H. The third-order valence-electron chi connectivity index (χ3n) is 9.23. The SMILES string of the molecule is Fc1ccc2c(c1)C1(c3ccccc3C=C2)c2ccccc2-c2cc(-c3nc(-c4ccccc4)nc(-c4ccccc4)n3)ccc21. The highest BCUT2D eigenvalue weighted by Gasteiger charge is 2.48. The average Bonchev–Trinajstić information content (AvgIpc) is 3.33. The first-order chi connectivity index (χ1) is 22.7. The van der Waals surface area contributed by atoms with Crippen LogP contribution < -0.4 is 0 Å². The highest BCUT2D eigenvalue weighted by atomic mass is 19.1. The van der Waals surface area contributed by atoms with Crippen LogP contribution in [-0.4, -0.2) is 15.0 Å². The van der Waals surface area contributed by atoms with Crippen LogP contribution in [0.4, 0.5) is 4.39 Å². The monoisotopic (exact) mass is 591 g/mol. The van der Waals surface area contributed by atoms with Crippen LogP contribution in [0.3, 0.4) is 0 Å². The molecule has 6 aromatic carbocycles. The van der Waals surface area contributed by atoms with Crippen molar-refractivity contribution in [3.05, 3.63) is 185 Å². The molecule has 2 aliphatic rings. The molecule has 0 aliphatic heterocycles. The minimum absolute atomic E-state index is 0.250. The summed E-state index contributed by atoms with van der Waals surface area (Å²) in [6.45, 7) is 0. The molecule has 1 unspecified atom stereocenters. The summed E-state index contributed by atoms with van der Waals surface area (Å²) in [5.74, 6) is 1.59. The number of fused-ring (bicyclic) bond motifs is 9. The molecule has 216 valence electrons. The summed E-state index contributed by atoms with van der Waals surface area (Å²) in [5, 5.41) is 0. The number of rotatable bonds is 3. The summed E-state index contributed by atoms with van der Waals surface area (Å²) in [5.41, 5.74) is 10.7. The maximum Gasteiger partial charge on any atom is 0.164 e. The van der Waals surface area contributed by atoms with Crippen molar-refractivity contribution in [3.8, 4) is 45.3 Å². The predicted molar refractivity (Wildman–Crippen MR) is 182 cm³/mol. The number of benzene rings is 6. The maximum atomic E-state index is 15.2. The molecule has 0 radical (unpaired) electrons. The third-order valence-corrected chi connectivity index (χ3v) is 9.23. The van der Waals surface area contributed by atoms with Gasteiger partial charge in [0.25, 0.3) is 0 Å². The van der Waals surface area contributed by atoms with E-state index in [1.165, 1.54) is 0 Å². The molecule has 0 amide bonds. The molecule has 4 heteroatoms. The Morgan fingerprint density at radius 2 is 0.935 bits per heavy atom. The van der Waals surface area contributed by atoms with E-state index in [0.29, 0.717) is 17.5 Å². The van der Waals surface area contributed by atoms with Crippen LogP contribution in [0, 0.1) is 5.82 Å². The van der Waals surface area contributed by atoms with Gasteiger partial charge in [-0.3, -0.25) is 0 Å². The Balaban J connectivity index is 1.32. The number of halogens is 1. The van der Waals surface area contributed by atoms with Crippen molar-refractivity contribution in [3.63, 3.8) is 0 Å². The van der Waals surface area contributed by atoms with Crippen molar-refractivity contribution in [2.75, 3.05) is 0 Å². The van der Waals surface area contributed by atoms with E-state index < -0.39 is 5.41 Å². The fourth-order valence-electron chi connectivity index (χ4n) is 7.25. The molecule has 0 N–H and O–H groups in total. The quantitative estimate of drug-likeness (QED) is 0.205. The van der Waals surface area contributed by atoms with Gasteiger partial charge in [-0.15, -0.1) is 0 Å². The fraction of sp³-hybridized carbons (Fsp3) is 0.0238. The lowest BCUT2D eigenvalue weighted by molar-refractivity contribution is 0.620. The van der Waals surface area contributed by atoms with E-state index in [9.17, 15) is 0 Å². The van der Waals surface area contributed by atoms with Crippen molar-refractivity contribution in [1.82, 2.24) is 15.0 Å². The van der Waals surface area contributed by atoms with Gasteiger partial charge in [0.2, 0.25) is 0 Å². The first-order valence-electron chi connectivity index (χ1n) is 15.4. The Morgan fingerprint density at radius 1 is 0.391 bits per heavy atom. The van der Waals surface area contributed by atoms with Crippen LogP contribution in [0.15, 0.2) is 146 Å². The molecule has 0 saturated heterocycles. The van der Waals surface area contributed by atoms with Crippen LogP contribution in [0.25, 0.3) is 57.4 Å². The topological polar surface area (TPSA) is 38.7 Å². The molecule has 2 aliphatic carbocycles. The van der Waals surface area contributed by atoms with Crippen molar-refractivity contribution in [1.29, 1.82) is 0 Å². The van der Waals surface area contributed by atoms with Gasteiger partial charge >= 0.3 is 0 Å². The van der Waals surface area contributed by atoms with E-state index in [0.717, 1.165) is 61.2 Å². The van der Waals surface area contributed by atoms with E-state index in [1.807, 2.05) is 66.7 Å². The second-order valence-corrected chi connectivity index (χ2v) is 11.7. The zero-order valence-electron chi connectivity index (χ0n) is 24.7. The van der Waals surface area contributed by atoms with Gasteiger partial charge in [0, 0.05) is 16.7 Å². The van der Waals surface area contributed by atoms with Gasteiger partial charge < -0.3 is 0 Å². The third kappa shape index (κ3) is 3.93. The van der Waals surface area contributed by atoms with E-state index in [2.05, 4.69) is 78.9 Å². The zero-order valence-corrected chi connectivity index (χ0v) is 24.7. The summed E-state index contributed by atoms with van der Waals surface area (Å²) in [6, 6.07) is 48.7. The molecule has 1 aromatic heterocycles. The molecule has 1 heterocycles. The smallest absolute Gasteiger partial charge is 0.164 e. The van der Waals surface area contributed by atoms with Crippen LogP contribution in [0.1, 0.15) is 33.4 Å². The molecular weight excluding hydrogens is 565 g/mol. The molecule has 0 bridgehead atoms. The van der Waals surface area contributed by atoms with E-state index >= 15 is 4.39 Å². The average molecular weight is 592 g/mol. The van der Waals surface area contributed by atoms with Gasteiger partial charge in [0.05, 0.1) is 5.41 Å². The second kappa shape index (κ2) is 10.3. The highest BCUT2D eigenvalue weighted by molar-refractivity contribution is 5.92. The minimum Gasteiger partial charge on any atom is -0.208 e. The van der Waals surface area contributed by atoms with E-state index in [1.54, 1.807) is 12.1 Å². The van der Waals surface area contributed by atoms with Gasteiger partial charge in [0.15, 0.2) is 17.5 Å². The summed E-state index contributed by atoms with van der Waals surface area (Å²) >= 11 is 0. The molecule has 9 rings (SSSR count). The Morgan fingerprint density at radius 3 is 1.63 bits per heavy atom. The van der Waals surface area contributed by atoms with Crippen LogP contribution in [-0.2, 0) is 5.41 Å². The maximum absolute atomic E-state index is 15.2. The Labute approximate surface area is 266 Å². The van der Waals surface area contributed by atoms with Crippen LogP contribution in [0.5, 0.6) is 0 Å². The summed E-state index contributed by atoms with van der Waals surface area (Å²) in [7, 11) is 0. The number of nitrogens with zero attached hydrogens (tertiary/aromatic N) is 3. The first kappa shape index (κ1) is 26.4. The first-order valence-corrected chi connectivity index (χ1v) is 15.4. The second-order valence-electron chi connectivity index (χ2n) is 11.7. The van der Waals surface area contributed by atoms with Crippen molar-refractivity contribution in [2.24, 2.45) is 0 Å². The molecule has 1 atom stereocenters. The molecule has 0 fully saturated rings. The molecule has 3 nitrogen and oxygen atoms in total. The molecular formula is C42H26FN3. The number of hydrogen-bond acceptors (Lipinski definition) is 3. The lowest BCUT2D eigenvalue weighted by Gasteiger charge is -2.35. The van der Waals surface area contributed by atoms with Crippen molar-refractivity contribution in [2.45, 2.75) is 5.41 Å². The van der Waals surface area contributed by atoms with Crippen LogP contribution >= 0.6 is 0 Å². The van der Waals surface area contributed by atoms with Crippen molar-refractivity contribution < 1.29 is 4.39 Å². The van der Waals surface area contributed by atoms with Gasteiger partial charge in [-0.1, -0.05) is 140 Å². The summed E-state index contributed by atoms with van der Waals surface area (Å²) in [4.78, 5) is 14.9. The van der Waals surface area contributed by atoms with E-state index in [-0.39, 0.29) is 5.82 Å². The largest absolute Gasteiger partial charge is 0.208 e. The molecule has 0 saturated carbocycles. The van der Waals surface area contributed by atoms with Gasteiger partial charge in [0.1, 0.15) is 5.82 Å². The van der Waals surface area contributed by atoms with Gasteiger partial charge in [-0.05, 0) is 62.7 Å². The summed E-state index contributed by atoms with van der Waals surface area (Å²) < 4.78 is 15.2. The fourth-order valence-corrected chi connectivity index (χ4v) is 7.25. The van der Waals surface area contributed by atoms with E-state index in [4.69, 9.17) is 15.0 Å². The highest BCUT2D eigenvalue weighted by Crippen LogP contribution is 2.58. The Bertz CT molecular complexity index is 2270. The Hall–Kier alpha value is -6.00. The lowest BCUT2D eigenvalue weighted by Crippen LogP contribution is -2.30. The minimum atomic E-state index is -0.703. The molecule has 1 spiro atoms. The van der Waals surface area contributed by atoms with Crippen molar-refractivity contribution >= 4 is 12.2 Å². The normalized spacial score (nSPS) is 15.5. The molecule has 46 heavy (non-hydrogen) atoms. The Kier molecular flexibility index (Phi) is 5.90. The van der Waals surface area contributed by atoms with Gasteiger partial charge in [-0.2, -0.15) is 0 Å². The predicted octanol–water partition coefficient (Wildman–Crippen LogP) is 9.86. The molecule has 7 aromatic rings. The van der Waals surface area contributed by atoms with Gasteiger partial charge in [-0.25, -0.2) is 19.3 Å². The number of aromatic nitrogens is 3.